The Hall–Kier alpha value is -2.62. The van der Waals surface area contributed by atoms with E-state index in [4.69, 9.17) is 11.6 Å². The highest BCUT2D eigenvalue weighted by Gasteiger charge is 2.16. The summed E-state index contributed by atoms with van der Waals surface area (Å²) < 4.78 is 1.10. The summed E-state index contributed by atoms with van der Waals surface area (Å²) in [5, 5.41) is 4.88. The fraction of sp³-hybridized carbons (Fsp3) is 0.0455. The van der Waals surface area contributed by atoms with Crippen molar-refractivity contribution in [3.05, 3.63) is 93.8 Å². The van der Waals surface area contributed by atoms with Crippen molar-refractivity contribution in [3.8, 4) is 0 Å². The molecule has 4 heteroatoms. The number of hydrogen-bond donors (Lipinski definition) is 1. The highest BCUT2D eigenvalue weighted by Crippen LogP contribution is 2.31. The van der Waals surface area contributed by atoms with Crippen LogP contribution in [0.15, 0.2) is 72.8 Å². The van der Waals surface area contributed by atoms with Crippen LogP contribution in [-0.4, -0.2) is 5.78 Å². The highest BCUT2D eigenvalue weighted by molar-refractivity contribution is 7.21. The average Bonchev–Trinajstić information content (AvgIpc) is 3.07. The predicted octanol–water partition coefficient (Wildman–Crippen LogP) is 6.84. The first kappa shape index (κ1) is 16.8. The van der Waals surface area contributed by atoms with E-state index in [2.05, 4.69) is 5.32 Å². The first-order chi connectivity index (χ1) is 12.6. The number of carbonyl (C=O) groups is 1. The molecule has 4 aromatic rings. The molecular weight excluding hydrogens is 362 g/mol. The first-order valence-electron chi connectivity index (χ1n) is 8.27. The molecule has 0 radical (unpaired) electrons. The van der Waals surface area contributed by atoms with Gasteiger partial charge in [-0.25, -0.2) is 0 Å². The maximum atomic E-state index is 12.9. The van der Waals surface area contributed by atoms with Gasteiger partial charge in [-0.15, -0.1) is 11.3 Å². The number of benzene rings is 3. The van der Waals surface area contributed by atoms with Gasteiger partial charge in [0.1, 0.15) is 0 Å². The van der Waals surface area contributed by atoms with E-state index >= 15 is 0 Å². The molecule has 0 aliphatic heterocycles. The minimum absolute atomic E-state index is 0.0429. The number of nitrogens with one attached hydrogen (secondary N) is 1. The minimum Gasteiger partial charge on any atom is -0.355 e. The van der Waals surface area contributed by atoms with Crippen molar-refractivity contribution in [2.75, 3.05) is 5.32 Å². The molecule has 1 N–H and O–H groups in total. The monoisotopic (exact) mass is 377 g/mol. The lowest BCUT2D eigenvalue weighted by atomic mass is 10.1. The maximum absolute atomic E-state index is 12.9. The molecule has 128 valence electrons. The van der Waals surface area contributed by atoms with E-state index in [0.717, 1.165) is 27.0 Å². The Balaban J connectivity index is 1.63. The normalized spacial score (nSPS) is 10.8. The number of fused-ring (bicyclic) bond motifs is 1. The molecule has 0 amide bonds. The van der Waals surface area contributed by atoms with Crippen LogP contribution in [0.1, 0.15) is 20.8 Å². The molecule has 2 nitrogen and oxygen atoms in total. The summed E-state index contributed by atoms with van der Waals surface area (Å²) in [5.74, 6) is -0.0429. The molecule has 0 atom stereocenters. The molecule has 0 aliphatic rings. The second-order valence-electron chi connectivity index (χ2n) is 6.11. The number of thiophene rings is 1. The third-order valence-corrected chi connectivity index (χ3v) is 5.71. The van der Waals surface area contributed by atoms with Crippen molar-refractivity contribution < 1.29 is 4.79 Å². The second-order valence-corrected chi connectivity index (χ2v) is 7.60. The van der Waals surface area contributed by atoms with Crippen molar-refractivity contribution in [3.63, 3.8) is 0 Å². The molecule has 0 spiro atoms. The van der Waals surface area contributed by atoms with Gasteiger partial charge in [-0.2, -0.15) is 0 Å². The van der Waals surface area contributed by atoms with Gasteiger partial charge < -0.3 is 5.32 Å². The third kappa shape index (κ3) is 3.24. The lowest BCUT2D eigenvalue weighted by Gasteiger charge is -2.11. The third-order valence-electron chi connectivity index (χ3n) is 4.29. The zero-order valence-corrected chi connectivity index (χ0v) is 15.7. The van der Waals surface area contributed by atoms with Crippen LogP contribution >= 0.6 is 22.9 Å². The SMILES string of the molecule is Cc1ccccc1Nc1ccc(C(=O)c2cc3ccccc3s2)c(Cl)c1. The Morgan fingerprint density at radius 2 is 1.73 bits per heavy atom. The van der Waals surface area contributed by atoms with Crippen molar-refractivity contribution in [2.45, 2.75) is 6.92 Å². The zero-order valence-electron chi connectivity index (χ0n) is 14.1. The van der Waals surface area contributed by atoms with Gasteiger partial charge in [0.2, 0.25) is 5.78 Å². The fourth-order valence-corrected chi connectivity index (χ4v) is 4.16. The molecule has 1 aromatic heterocycles. The number of ketones is 1. The van der Waals surface area contributed by atoms with E-state index in [-0.39, 0.29) is 5.78 Å². The molecule has 1 heterocycles. The van der Waals surface area contributed by atoms with Crippen LogP contribution in [0.4, 0.5) is 11.4 Å². The number of rotatable bonds is 4. The van der Waals surface area contributed by atoms with Gasteiger partial charge in [0.05, 0.1) is 9.90 Å². The van der Waals surface area contributed by atoms with Crippen LogP contribution in [-0.2, 0) is 0 Å². The Bertz CT molecular complexity index is 1080. The van der Waals surface area contributed by atoms with Crippen molar-refractivity contribution in [1.82, 2.24) is 0 Å². The number of anilines is 2. The van der Waals surface area contributed by atoms with Crippen LogP contribution in [0.2, 0.25) is 5.02 Å². The van der Waals surface area contributed by atoms with E-state index < -0.39 is 0 Å². The van der Waals surface area contributed by atoms with Crippen LogP contribution in [0.5, 0.6) is 0 Å². The van der Waals surface area contributed by atoms with Gasteiger partial charge >= 0.3 is 0 Å². The molecular formula is C22H16ClNOS. The van der Waals surface area contributed by atoms with E-state index in [1.54, 1.807) is 12.1 Å². The Morgan fingerprint density at radius 3 is 2.50 bits per heavy atom. The van der Waals surface area contributed by atoms with Gasteiger partial charge in [0, 0.05) is 21.6 Å². The molecule has 0 saturated carbocycles. The van der Waals surface area contributed by atoms with Crippen LogP contribution in [0.25, 0.3) is 10.1 Å². The average molecular weight is 378 g/mol. The number of aryl methyl sites for hydroxylation is 1. The zero-order chi connectivity index (χ0) is 18.1. The number of para-hydroxylation sites is 1. The quantitative estimate of drug-likeness (QED) is 0.394. The molecule has 26 heavy (non-hydrogen) atoms. The largest absolute Gasteiger partial charge is 0.355 e. The summed E-state index contributed by atoms with van der Waals surface area (Å²) in [6, 6.07) is 23.4. The molecule has 3 aromatic carbocycles. The maximum Gasteiger partial charge on any atom is 0.204 e. The number of carbonyl (C=O) groups excluding carboxylic acids is 1. The summed E-state index contributed by atoms with van der Waals surface area (Å²) in [5.41, 5.74) is 3.55. The second kappa shape index (κ2) is 6.94. The van der Waals surface area contributed by atoms with Crippen LogP contribution in [0, 0.1) is 6.92 Å². The lowest BCUT2D eigenvalue weighted by molar-refractivity contribution is 0.104. The van der Waals surface area contributed by atoms with Gasteiger partial charge in [0.25, 0.3) is 0 Å². The summed E-state index contributed by atoms with van der Waals surface area (Å²) in [6.45, 7) is 2.04. The molecule has 4 rings (SSSR count). The number of hydrogen-bond acceptors (Lipinski definition) is 3. The molecule has 0 unspecified atom stereocenters. The van der Waals surface area contributed by atoms with Crippen LogP contribution < -0.4 is 5.32 Å². The standard InChI is InChI=1S/C22H16ClNOS/c1-14-6-2-4-8-19(14)24-16-10-11-17(18(23)13-16)22(25)21-12-15-7-3-5-9-20(15)26-21/h2-13,24H,1H3. The lowest BCUT2D eigenvalue weighted by Crippen LogP contribution is -2.01. The molecule has 0 aliphatic carbocycles. The van der Waals surface area contributed by atoms with Crippen molar-refractivity contribution in [2.24, 2.45) is 0 Å². The Kier molecular flexibility index (Phi) is 4.49. The van der Waals surface area contributed by atoms with Crippen LogP contribution in [0.3, 0.4) is 0 Å². The van der Waals surface area contributed by atoms with Crippen molar-refractivity contribution in [1.29, 1.82) is 0 Å². The smallest absolute Gasteiger partial charge is 0.204 e. The summed E-state index contributed by atoms with van der Waals surface area (Å²) in [4.78, 5) is 13.6. The van der Waals surface area contributed by atoms with Gasteiger partial charge in [-0.1, -0.05) is 48.0 Å². The Labute approximate surface area is 161 Å². The summed E-state index contributed by atoms with van der Waals surface area (Å²) in [7, 11) is 0. The highest BCUT2D eigenvalue weighted by atomic mass is 35.5. The van der Waals surface area contributed by atoms with Gasteiger partial charge in [-0.3, -0.25) is 4.79 Å². The number of halogens is 1. The van der Waals surface area contributed by atoms with E-state index in [1.807, 2.05) is 67.6 Å². The van der Waals surface area contributed by atoms with E-state index in [1.165, 1.54) is 11.3 Å². The summed E-state index contributed by atoms with van der Waals surface area (Å²) in [6.07, 6.45) is 0. The van der Waals surface area contributed by atoms with E-state index in [0.29, 0.717) is 15.5 Å². The van der Waals surface area contributed by atoms with E-state index in [9.17, 15) is 4.79 Å². The van der Waals surface area contributed by atoms with Gasteiger partial charge in [-0.05, 0) is 54.3 Å². The first-order valence-corrected chi connectivity index (χ1v) is 9.47. The molecule has 0 saturated heterocycles. The minimum atomic E-state index is -0.0429. The topological polar surface area (TPSA) is 29.1 Å². The Morgan fingerprint density at radius 1 is 0.962 bits per heavy atom. The van der Waals surface area contributed by atoms with Crippen molar-refractivity contribution >= 4 is 50.2 Å². The summed E-state index contributed by atoms with van der Waals surface area (Å²) >= 11 is 7.92. The predicted molar refractivity (Wildman–Crippen MR) is 111 cm³/mol. The molecule has 0 fully saturated rings. The molecule has 0 bridgehead atoms. The van der Waals surface area contributed by atoms with Gasteiger partial charge in [0.15, 0.2) is 0 Å². The fourth-order valence-electron chi connectivity index (χ4n) is 2.87.